The molecule has 3 fully saturated rings. The van der Waals surface area contributed by atoms with E-state index in [2.05, 4.69) is 20.7 Å². The van der Waals surface area contributed by atoms with Gasteiger partial charge in [-0.05, 0) is 68.4 Å². The third-order valence-electron chi connectivity index (χ3n) is 10.1. The predicted molar refractivity (Wildman–Crippen MR) is 173 cm³/mol. The normalized spacial score (nSPS) is 22.9. The van der Waals surface area contributed by atoms with Crippen LogP contribution in [0.25, 0.3) is 22.3 Å². The molecule has 1 atom stereocenters. The Morgan fingerprint density at radius 1 is 0.917 bits per heavy atom. The molecule has 5 heterocycles. The van der Waals surface area contributed by atoms with Gasteiger partial charge in [0.05, 0.1) is 46.3 Å². The number of nitrogens with one attached hydrogen (secondary N) is 2. The van der Waals surface area contributed by atoms with Crippen LogP contribution in [0.5, 0.6) is 0 Å². The minimum atomic E-state index is -0.989. The Hall–Kier alpha value is -5.46. The Morgan fingerprint density at radius 2 is 1.69 bits per heavy atom. The number of likely N-dealkylation sites (tertiary alicyclic amines) is 1. The number of rotatable bonds is 7. The van der Waals surface area contributed by atoms with Gasteiger partial charge in [-0.1, -0.05) is 12.1 Å². The highest BCUT2D eigenvalue weighted by Gasteiger charge is 2.45. The molecule has 1 saturated carbocycles. The number of fused-ring (bicyclic) bond motifs is 2. The molecule has 13 nitrogen and oxygen atoms in total. The van der Waals surface area contributed by atoms with Crippen LogP contribution in [0.3, 0.4) is 0 Å². The molecule has 1 aliphatic carbocycles. The number of piperidine rings is 2. The maximum Gasteiger partial charge on any atom is 0.262 e. The van der Waals surface area contributed by atoms with Crippen LogP contribution in [-0.4, -0.2) is 84.8 Å². The van der Waals surface area contributed by atoms with Crippen molar-refractivity contribution in [2.45, 2.75) is 50.6 Å². The van der Waals surface area contributed by atoms with Gasteiger partial charge in [0.2, 0.25) is 17.7 Å². The fourth-order valence-electron chi connectivity index (χ4n) is 7.32. The molecule has 2 N–H and O–H groups in total. The van der Waals surface area contributed by atoms with Crippen molar-refractivity contribution >= 4 is 46.3 Å². The van der Waals surface area contributed by atoms with E-state index in [9.17, 15) is 24.0 Å². The maximum absolute atomic E-state index is 13.3. The van der Waals surface area contributed by atoms with Crippen LogP contribution in [0.4, 0.5) is 5.69 Å². The van der Waals surface area contributed by atoms with Crippen molar-refractivity contribution < 1.29 is 24.0 Å². The fourth-order valence-corrected chi connectivity index (χ4v) is 7.32. The lowest BCUT2D eigenvalue weighted by molar-refractivity contribution is -0.141. The molecule has 4 aromatic rings. The second-order valence-corrected chi connectivity index (χ2v) is 13.1. The molecule has 0 radical (unpaired) electrons. The molecule has 8 rings (SSSR count). The first-order valence-electron chi connectivity index (χ1n) is 16.5. The molecule has 13 heteroatoms. The summed E-state index contributed by atoms with van der Waals surface area (Å²) < 4.78 is 1.99. The van der Waals surface area contributed by atoms with Gasteiger partial charge < -0.3 is 10.2 Å². The Bertz CT molecular complexity index is 1980. The van der Waals surface area contributed by atoms with E-state index in [0.717, 1.165) is 52.9 Å². The van der Waals surface area contributed by atoms with Crippen molar-refractivity contribution in [3.63, 3.8) is 0 Å². The number of benzene rings is 2. The highest BCUT2D eigenvalue weighted by atomic mass is 16.2. The average molecular weight is 647 g/mol. The fraction of sp³-hybridized carbons (Fsp3) is 0.371. The van der Waals surface area contributed by atoms with E-state index in [1.54, 1.807) is 24.4 Å². The van der Waals surface area contributed by atoms with Gasteiger partial charge in [-0.2, -0.15) is 5.10 Å². The summed E-state index contributed by atoms with van der Waals surface area (Å²) in [5.41, 5.74) is 4.62. The summed E-state index contributed by atoms with van der Waals surface area (Å²) in [6, 6.07) is 12.0. The van der Waals surface area contributed by atoms with E-state index >= 15 is 0 Å². The van der Waals surface area contributed by atoms with Gasteiger partial charge in [0, 0.05) is 49.4 Å². The van der Waals surface area contributed by atoms with Crippen LogP contribution in [0.1, 0.15) is 65.3 Å². The lowest BCUT2D eigenvalue weighted by Crippen LogP contribution is -2.54. The Kier molecular flexibility index (Phi) is 7.46. The largest absolute Gasteiger partial charge is 0.385 e. The number of amides is 5. The number of para-hydroxylation sites is 2. The number of hydrogen-bond donors (Lipinski definition) is 2. The number of aromatic nitrogens is 4. The van der Waals surface area contributed by atoms with E-state index in [-0.39, 0.29) is 41.8 Å². The number of imide groups is 2. The number of carbonyl (C=O) groups excluding carboxylic acids is 5. The molecular weight excluding hydrogens is 612 g/mol. The van der Waals surface area contributed by atoms with Crippen molar-refractivity contribution in [2.75, 3.05) is 25.0 Å². The number of hydrogen-bond acceptors (Lipinski definition) is 9. The quantitative estimate of drug-likeness (QED) is 0.288. The van der Waals surface area contributed by atoms with Crippen LogP contribution in [0.2, 0.25) is 0 Å². The van der Waals surface area contributed by atoms with Crippen LogP contribution < -0.4 is 10.6 Å². The molecule has 1 unspecified atom stereocenters. The van der Waals surface area contributed by atoms with Gasteiger partial charge in [-0.3, -0.25) is 43.9 Å². The Labute approximate surface area is 275 Å². The second-order valence-electron chi connectivity index (χ2n) is 13.1. The Morgan fingerprint density at radius 3 is 2.48 bits per heavy atom. The van der Waals surface area contributed by atoms with Crippen molar-refractivity contribution in [1.82, 2.24) is 34.9 Å². The van der Waals surface area contributed by atoms with E-state index in [4.69, 9.17) is 4.98 Å². The average Bonchev–Trinajstić information content (AvgIpc) is 3.67. The zero-order valence-corrected chi connectivity index (χ0v) is 26.2. The van der Waals surface area contributed by atoms with E-state index in [1.807, 2.05) is 46.2 Å². The van der Waals surface area contributed by atoms with Crippen LogP contribution >= 0.6 is 0 Å². The monoisotopic (exact) mass is 646 g/mol. The maximum atomic E-state index is 13.3. The molecule has 5 amide bonds. The molecule has 244 valence electrons. The molecule has 3 aliphatic heterocycles. The number of nitrogens with zero attached hydrogens (tertiary/aromatic N) is 6. The molecule has 2 aromatic heterocycles. The smallest absolute Gasteiger partial charge is 0.262 e. The highest BCUT2D eigenvalue weighted by Crippen LogP contribution is 2.37. The Balaban J connectivity index is 0.807. The lowest BCUT2D eigenvalue weighted by Gasteiger charge is -2.40. The van der Waals surface area contributed by atoms with E-state index < -0.39 is 29.7 Å². The van der Waals surface area contributed by atoms with Gasteiger partial charge in [0.15, 0.2) is 0 Å². The van der Waals surface area contributed by atoms with E-state index in [0.29, 0.717) is 31.2 Å². The minimum Gasteiger partial charge on any atom is -0.385 e. The second kappa shape index (κ2) is 12.0. The van der Waals surface area contributed by atoms with Gasteiger partial charge in [-0.25, -0.2) is 4.98 Å². The predicted octanol–water partition coefficient (Wildman–Crippen LogP) is 3.20. The van der Waals surface area contributed by atoms with Crippen LogP contribution in [0, 0.1) is 11.8 Å². The van der Waals surface area contributed by atoms with Gasteiger partial charge in [-0.15, -0.1) is 0 Å². The number of anilines is 1. The van der Waals surface area contributed by atoms with Crippen molar-refractivity contribution in [1.29, 1.82) is 0 Å². The van der Waals surface area contributed by atoms with E-state index in [1.165, 1.54) is 0 Å². The summed E-state index contributed by atoms with van der Waals surface area (Å²) in [5.74, 6) is -1.54. The summed E-state index contributed by atoms with van der Waals surface area (Å²) >= 11 is 0. The summed E-state index contributed by atoms with van der Waals surface area (Å²) in [7, 11) is 0. The summed E-state index contributed by atoms with van der Waals surface area (Å²) in [6.07, 6.45) is 9.11. The zero-order chi connectivity index (χ0) is 32.9. The third-order valence-corrected chi connectivity index (χ3v) is 10.1. The van der Waals surface area contributed by atoms with Crippen molar-refractivity contribution in [2.24, 2.45) is 11.8 Å². The first kappa shape index (κ1) is 29.9. The van der Waals surface area contributed by atoms with Gasteiger partial charge in [0.25, 0.3) is 11.8 Å². The zero-order valence-electron chi connectivity index (χ0n) is 26.2. The molecule has 0 bridgehead atoms. The molecular formula is C35H34N8O5. The lowest BCUT2D eigenvalue weighted by atomic mass is 9.74. The van der Waals surface area contributed by atoms with Gasteiger partial charge in [0.1, 0.15) is 6.04 Å². The van der Waals surface area contributed by atoms with Crippen LogP contribution in [0.15, 0.2) is 61.1 Å². The summed E-state index contributed by atoms with van der Waals surface area (Å²) in [6.45, 7) is 2.05. The third kappa shape index (κ3) is 5.38. The molecule has 0 spiro atoms. The molecule has 48 heavy (non-hydrogen) atoms. The number of carbonyl (C=O) groups is 5. The first-order valence-corrected chi connectivity index (χ1v) is 16.5. The molecule has 2 aromatic carbocycles. The highest BCUT2D eigenvalue weighted by molar-refractivity contribution is 6.23. The van der Waals surface area contributed by atoms with Crippen molar-refractivity contribution in [3.05, 3.63) is 72.2 Å². The first-order chi connectivity index (χ1) is 23.3. The van der Waals surface area contributed by atoms with Gasteiger partial charge >= 0.3 is 0 Å². The topological polar surface area (TPSA) is 159 Å². The summed E-state index contributed by atoms with van der Waals surface area (Å²) in [4.78, 5) is 75.4. The standard InChI is InChI=1S/C35H34N8O5/c44-31-8-7-30(32(45)40-31)43-34(47)25-6-5-23(15-26(25)35(43)48)36-16-20-13-21(14-20)33(46)41-11-9-24(10-12-41)42-19-22(17-38-42)29-18-37-27-3-1-2-4-28(27)39-29/h1-6,15,17-21,24,30,36H,7-14,16H2,(H,40,44,45). The van der Waals surface area contributed by atoms with Crippen LogP contribution in [-0.2, 0) is 14.4 Å². The molecule has 4 aliphatic rings. The molecule has 2 saturated heterocycles. The SMILES string of the molecule is O=C1CCC(N2C(=O)c3ccc(NCC4CC(C(=O)N5CCC(n6cc(-c7cnc8ccccc8n7)cn6)CC5)C4)cc3C2=O)C(=O)N1. The van der Waals surface area contributed by atoms with Crippen molar-refractivity contribution in [3.8, 4) is 11.3 Å². The summed E-state index contributed by atoms with van der Waals surface area (Å²) in [5, 5.41) is 10.2. The minimum absolute atomic E-state index is 0.0115.